The Morgan fingerprint density at radius 3 is 2.43 bits per heavy atom. The Morgan fingerprint density at radius 2 is 2.07 bits per heavy atom. The van der Waals surface area contributed by atoms with Gasteiger partial charge in [0.25, 0.3) is 0 Å². The van der Waals surface area contributed by atoms with Crippen molar-refractivity contribution in [2.75, 3.05) is 13.6 Å². The van der Waals surface area contributed by atoms with Crippen LogP contribution in [0.15, 0.2) is 0 Å². The summed E-state index contributed by atoms with van der Waals surface area (Å²) in [6.45, 7) is 6.88. The van der Waals surface area contributed by atoms with E-state index in [0.717, 1.165) is 13.0 Å². The van der Waals surface area contributed by atoms with E-state index < -0.39 is 11.4 Å². The summed E-state index contributed by atoms with van der Waals surface area (Å²) >= 11 is 0. The maximum absolute atomic E-state index is 11.0. The van der Waals surface area contributed by atoms with Gasteiger partial charge in [-0.1, -0.05) is 6.92 Å². The van der Waals surface area contributed by atoms with Crippen LogP contribution in [0, 0.1) is 0 Å². The summed E-state index contributed by atoms with van der Waals surface area (Å²) in [5.74, 6) is -0.436. The molecule has 2 atom stereocenters. The van der Waals surface area contributed by atoms with Crippen molar-refractivity contribution in [3.05, 3.63) is 0 Å². The number of carbonyl (C=O) groups is 1. The second kappa shape index (κ2) is 5.32. The highest BCUT2D eigenvalue weighted by atomic mass is 16.1. The third kappa shape index (κ3) is 4.07. The van der Waals surface area contributed by atoms with E-state index >= 15 is 0 Å². The molecule has 0 spiro atoms. The van der Waals surface area contributed by atoms with Crippen molar-refractivity contribution >= 4 is 5.91 Å². The molecule has 0 bridgehead atoms. The summed E-state index contributed by atoms with van der Waals surface area (Å²) < 4.78 is 0. The Kier molecular flexibility index (Phi) is 5.08. The molecular weight excluding hydrogens is 178 g/mol. The zero-order valence-corrected chi connectivity index (χ0v) is 9.71. The predicted octanol–water partition coefficient (Wildman–Crippen LogP) is 0.310. The molecule has 84 valence electrons. The maximum Gasteiger partial charge on any atom is 0.237 e. The predicted molar refractivity (Wildman–Crippen MR) is 58.8 cm³/mol. The molecule has 0 aromatic heterocycles. The van der Waals surface area contributed by atoms with Crippen molar-refractivity contribution in [1.82, 2.24) is 4.90 Å². The monoisotopic (exact) mass is 201 g/mol. The van der Waals surface area contributed by atoms with Crippen molar-refractivity contribution in [2.45, 2.75) is 45.2 Å². The van der Waals surface area contributed by atoms with Crippen LogP contribution < -0.4 is 11.5 Å². The van der Waals surface area contributed by atoms with Gasteiger partial charge in [0, 0.05) is 6.04 Å². The van der Waals surface area contributed by atoms with Gasteiger partial charge in [0.15, 0.2) is 0 Å². The summed E-state index contributed by atoms with van der Waals surface area (Å²) in [5.41, 5.74) is 10.1. The fourth-order valence-corrected chi connectivity index (χ4v) is 1.44. The van der Waals surface area contributed by atoms with Crippen molar-refractivity contribution in [3.8, 4) is 0 Å². The smallest absolute Gasteiger partial charge is 0.237 e. The molecule has 4 N–H and O–H groups in total. The molecule has 0 aromatic rings. The largest absolute Gasteiger partial charge is 0.368 e. The third-order valence-corrected chi connectivity index (χ3v) is 2.61. The molecule has 1 amide bonds. The van der Waals surface area contributed by atoms with E-state index in [4.69, 9.17) is 11.5 Å². The first-order valence-corrected chi connectivity index (χ1v) is 5.10. The highest BCUT2D eigenvalue weighted by Gasteiger charge is 2.28. The number of amides is 1. The minimum absolute atomic E-state index is 0.275. The van der Waals surface area contributed by atoms with Crippen LogP contribution in [0.5, 0.6) is 0 Å². The van der Waals surface area contributed by atoms with E-state index in [1.165, 1.54) is 0 Å². The van der Waals surface area contributed by atoms with Gasteiger partial charge in [0.05, 0.1) is 5.54 Å². The molecule has 2 unspecified atom stereocenters. The number of rotatable bonds is 6. The minimum atomic E-state index is -0.901. The van der Waals surface area contributed by atoms with Gasteiger partial charge in [0.1, 0.15) is 0 Å². The van der Waals surface area contributed by atoms with Crippen molar-refractivity contribution < 1.29 is 4.79 Å². The van der Waals surface area contributed by atoms with Crippen LogP contribution in [0.1, 0.15) is 33.6 Å². The second-order valence-corrected chi connectivity index (χ2v) is 4.32. The lowest BCUT2D eigenvalue weighted by Crippen LogP contribution is -2.53. The fourth-order valence-electron chi connectivity index (χ4n) is 1.44. The normalized spacial score (nSPS) is 17.9. The molecule has 4 heteroatoms. The SMILES string of the molecule is CCCN(C)C(C)CC(C)(N)C(N)=O. The molecule has 0 aromatic carbocycles. The Labute approximate surface area is 86.6 Å². The molecule has 14 heavy (non-hydrogen) atoms. The van der Waals surface area contributed by atoms with Gasteiger partial charge in [-0.15, -0.1) is 0 Å². The van der Waals surface area contributed by atoms with Crippen LogP contribution in [0.25, 0.3) is 0 Å². The summed E-state index contributed by atoms with van der Waals surface area (Å²) in [6.07, 6.45) is 1.69. The first-order chi connectivity index (χ1) is 6.31. The number of nitrogens with zero attached hydrogens (tertiary/aromatic N) is 1. The molecular formula is C10H23N3O. The lowest BCUT2D eigenvalue weighted by molar-refractivity contribution is -0.123. The van der Waals surface area contributed by atoms with E-state index in [1.807, 2.05) is 7.05 Å². The van der Waals surface area contributed by atoms with E-state index in [2.05, 4.69) is 18.7 Å². The fraction of sp³-hybridized carbons (Fsp3) is 0.900. The number of nitrogens with two attached hydrogens (primary N) is 2. The Hall–Kier alpha value is -0.610. The first-order valence-electron chi connectivity index (χ1n) is 5.10. The van der Waals surface area contributed by atoms with Crippen molar-refractivity contribution in [2.24, 2.45) is 11.5 Å². The molecule has 4 nitrogen and oxygen atoms in total. The van der Waals surface area contributed by atoms with E-state index in [1.54, 1.807) is 6.92 Å². The first kappa shape index (κ1) is 13.4. The van der Waals surface area contributed by atoms with E-state index in [9.17, 15) is 4.79 Å². The standard InChI is InChI=1S/C10H23N3O/c1-5-6-13(4)8(2)7-10(3,12)9(11)14/h8H,5-7,12H2,1-4H3,(H2,11,14). The highest BCUT2D eigenvalue weighted by molar-refractivity contribution is 5.83. The molecule has 0 radical (unpaired) electrons. The average Bonchev–Trinajstić information content (AvgIpc) is 2.03. The van der Waals surface area contributed by atoms with Gasteiger partial charge in [-0.25, -0.2) is 0 Å². The second-order valence-electron chi connectivity index (χ2n) is 4.32. The number of carbonyl (C=O) groups excluding carboxylic acids is 1. The van der Waals surface area contributed by atoms with Gasteiger partial charge in [-0.2, -0.15) is 0 Å². The van der Waals surface area contributed by atoms with Gasteiger partial charge < -0.3 is 16.4 Å². The van der Waals surface area contributed by atoms with Crippen molar-refractivity contribution in [1.29, 1.82) is 0 Å². The summed E-state index contributed by atoms with van der Waals surface area (Å²) in [5, 5.41) is 0. The average molecular weight is 201 g/mol. The lowest BCUT2D eigenvalue weighted by atomic mass is 9.93. The molecule has 0 heterocycles. The van der Waals surface area contributed by atoms with Crippen LogP contribution in [0.3, 0.4) is 0 Å². The molecule has 0 rings (SSSR count). The Bertz CT molecular complexity index is 192. The van der Waals surface area contributed by atoms with E-state index in [0.29, 0.717) is 6.42 Å². The number of primary amides is 1. The summed E-state index contributed by atoms with van der Waals surface area (Å²) in [4.78, 5) is 13.2. The minimum Gasteiger partial charge on any atom is -0.368 e. The maximum atomic E-state index is 11.0. The molecule has 0 aliphatic rings. The van der Waals surface area contributed by atoms with Gasteiger partial charge in [-0.05, 0) is 40.3 Å². The summed E-state index contributed by atoms with van der Waals surface area (Å²) in [7, 11) is 2.03. The molecule has 0 aliphatic heterocycles. The molecule has 0 fully saturated rings. The quantitative estimate of drug-likeness (QED) is 0.649. The van der Waals surface area contributed by atoms with Crippen molar-refractivity contribution in [3.63, 3.8) is 0 Å². The third-order valence-electron chi connectivity index (χ3n) is 2.61. The molecule has 0 saturated heterocycles. The van der Waals surface area contributed by atoms with Crippen LogP contribution in [0.2, 0.25) is 0 Å². The lowest BCUT2D eigenvalue weighted by Gasteiger charge is -2.30. The molecule has 0 aliphatic carbocycles. The zero-order chi connectivity index (χ0) is 11.4. The van der Waals surface area contributed by atoms with Gasteiger partial charge in [-0.3, -0.25) is 4.79 Å². The number of hydrogen-bond acceptors (Lipinski definition) is 3. The molecule has 0 saturated carbocycles. The van der Waals surface area contributed by atoms with Gasteiger partial charge in [0.2, 0.25) is 5.91 Å². The van der Waals surface area contributed by atoms with Gasteiger partial charge >= 0.3 is 0 Å². The highest BCUT2D eigenvalue weighted by Crippen LogP contribution is 2.12. The van der Waals surface area contributed by atoms with Crippen LogP contribution in [0.4, 0.5) is 0 Å². The van der Waals surface area contributed by atoms with Crippen LogP contribution in [-0.4, -0.2) is 36.0 Å². The topological polar surface area (TPSA) is 72.3 Å². The Balaban J connectivity index is 4.16. The van der Waals surface area contributed by atoms with E-state index in [-0.39, 0.29) is 6.04 Å². The van der Waals surface area contributed by atoms with Crippen LogP contribution in [-0.2, 0) is 4.79 Å². The summed E-state index contributed by atoms with van der Waals surface area (Å²) in [6, 6.07) is 0.275. The zero-order valence-electron chi connectivity index (χ0n) is 9.71. The number of hydrogen-bond donors (Lipinski definition) is 2. The van der Waals surface area contributed by atoms with Crippen LogP contribution >= 0.6 is 0 Å². The Morgan fingerprint density at radius 1 is 1.57 bits per heavy atom.